The fourth-order valence-electron chi connectivity index (χ4n) is 4.76. The number of carbonyl (C=O) groups is 2. The molecule has 0 spiro atoms. The smallest absolute Gasteiger partial charge is 0.331 e. The molecule has 3 aromatic rings. The lowest BCUT2D eigenvalue weighted by Crippen LogP contribution is -2.56. The van der Waals surface area contributed by atoms with Gasteiger partial charge in [0.2, 0.25) is 0 Å². The predicted molar refractivity (Wildman–Crippen MR) is 159 cm³/mol. The van der Waals surface area contributed by atoms with E-state index >= 15 is 0 Å². The largest absolute Gasteiger partial charge is 0.508 e. The van der Waals surface area contributed by atoms with E-state index in [-0.39, 0.29) is 66.8 Å². The number of aliphatic hydroxyl groups is 2. The highest BCUT2D eigenvalue weighted by Gasteiger charge is 2.43. The Balaban J connectivity index is 1.46. The van der Waals surface area contributed by atoms with Gasteiger partial charge in [-0.2, -0.15) is 0 Å². The molecule has 1 fully saturated rings. The van der Waals surface area contributed by atoms with Crippen LogP contribution in [0, 0.1) is 0 Å². The maximum Gasteiger partial charge on any atom is 0.331 e. The number of aryl methyl sites for hydroxylation is 2. The highest BCUT2D eigenvalue weighted by molar-refractivity contribution is 5.87. The number of Topliss-reactive ketones (excluding diaryl/α,β-unsaturated/α-hetero) is 1. The van der Waals surface area contributed by atoms with Crippen LogP contribution in [-0.2, 0) is 36.6 Å². The van der Waals surface area contributed by atoms with Crippen LogP contribution in [0.1, 0.15) is 36.0 Å². The summed E-state index contributed by atoms with van der Waals surface area (Å²) < 4.78 is 17.1. The minimum Gasteiger partial charge on any atom is -0.508 e. The van der Waals surface area contributed by atoms with Gasteiger partial charge in [0, 0.05) is 18.9 Å². The van der Waals surface area contributed by atoms with Crippen molar-refractivity contribution in [2.75, 3.05) is 6.61 Å². The molecule has 0 unspecified atom stereocenters. The molecule has 7 N–H and O–H groups in total. The number of ether oxygens (including phenoxy) is 3. The van der Waals surface area contributed by atoms with Crippen molar-refractivity contribution >= 4 is 17.8 Å². The first kappa shape index (κ1) is 33.3. The number of aliphatic hydroxyl groups excluding tert-OH is 2. The van der Waals surface area contributed by atoms with Crippen LogP contribution < -0.4 is 0 Å². The predicted octanol–water partition coefficient (Wildman–Crippen LogP) is 2.83. The van der Waals surface area contributed by atoms with E-state index in [0.29, 0.717) is 23.1 Å². The third-order valence-corrected chi connectivity index (χ3v) is 7.30. The van der Waals surface area contributed by atoms with Crippen LogP contribution in [0.15, 0.2) is 66.7 Å². The average molecular weight is 625 g/mol. The molecular formula is C33H36O12. The highest BCUT2D eigenvalue weighted by Crippen LogP contribution is 2.29. The summed E-state index contributed by atoms with van der Waals surface area (Å²) in [7, 11) is 0. The molecule has 12 nitrogen and oxygen atoms in total. The third kappa shape index (κ3) is 9.68. The molecule has 12 heteroatoms. The number of phenolic OH excluding ortho intramolecular Hbond substituents is 5. The Bertz CT molecular complexity index is 1490. The van der Waals surface area contributed by atoms with Crippen molar-refractivity contribution in [3.8, 4) is 28.7 Å². The second-order valence-electron chi connectivity index (χ2n) is 10.8. The number of hydrogen-bond donors (Lipinski definition) is 7. The van der Waals surface area contributed by atoms with Gasteiger partial charge in [0.1, 0.15) is 23.7 Å². The molecule has 1 aliphatic rings. The Labute approximate surface area is 259 Å². The molecule has 1 heterocycles. The first-order valence-electron chi connectivity index (χ1n) is 14.3. The van der Waals surface area contributed by atoms with Gasteiger partial charge in [0.05, 0.1) is 12.7 Å². The molecule has 0 saturated carbocycles. The van der Waals surface area contributed by atoms with Crippen molar-refractivity contribution in [2.24, 2.45) is 0 Å². The number of esters is 1. The molecule has 45 heavy (non-hydrogen) atoms. The summed E-state index contributed by atoms with van der Waals surface area (Å²) in [6, 6.07) is 14.6. The van der Waals surface area contributed by atoms with Gasteiger partial charge in [-0.1, -0.05) is 24.3 Å². The fourth-order valence-corrected chi connectivity index (χ4v) is 4.76. The molecule has 1 aliphatic heterocycles. The molecule has 240 valence electrons. The van der Waals surface area contributed by atoms with Crippen LogP contribution in [0.25, 0.3) is 6.08 Å². The number of carbonyl (C=O) groups excluding carboxylic acids is 2. The van der Waals surface area contributed by atoms with Gasteiger partial charge < -0.3 is 50.0 Å². The standard InChI is InChI=1S/C33H36O12/c34-22-8-1-19(2-9-22)7-14-30(41)45-32-31(42)29(40)18-43-33(32)44-24(11-4-21-6-13-26(37)28(39)16-21)17-23(35)10-3-20-5-12-25(36)27(38)15-20/h1-2,5-9,12-16,24,29,31-34,36-40,42H,3-4,10-11,17-18H2/b14-7+/t24-,29+,31-,32+,33-/m0/s1. The SMILES string of the molecule is O=C(CCc1ccc(O)c(O)c1)C[C@H](CCc1ccc(O)c(O)c1)O[C@@H]1OC[C@@H](O)[C@H](O)[C@H]1OC(=O)/C=C/c1ccc(O)cc1. The topological polar surface area (TPSA) is 203 Å². The summed E-state index contributed by atoms with van der Waals surface area (Å²) in [5, 5.41) is 69.1. The normalized spacial score (nSPS) is 20.6. The zero-order chi connectivity index (χ0) is 32.5. The van der Waals surface area contributed by atoms with E-state index in [1.807, 2.05) is 0 Å². The summed E-state index contributed by atoms with van der Waals surface area (Å²) in [5.41, 5.74) is 1.88. The lowest BCUT2D eigenvalue weighted by Gasteiger charge is -2.38. The van der Waals surface area contributed by atoms with Gasteiger partial charge in [-0.3, -0.25) is 4.79 Å². The minimum atomic E-state index is -1.55. The molecule has 0 aromatic heterocycles. The van der Waals surface area contributed by atoms with Crippen molar-refractivity contribution in [3.05, 3.63) is 83.4 Å². The third-order valence-electron chi connectivity index (χ3n) is 7.30. The quantitative estimate of drug-likeness (QED) is 0.0834. The summed E-state index contributed by atoms with van der Waals surface area (Å²) in [5.74, 6) is -2.17. The van der Waals surface area contributed by atoms with Crippen LogP contribution in [0.2, 0.25) is 0 Å². The van der Waals surface area contributed by atoms with Crippen LogP contribution in [0.5, 0.6) is 28.7 Å². The Morgan fingerprint density at radius 2 is 1.47 bits per heavy atom. The maximum absolute atomic E-state index is 13.0. The minimum absolute atomic E-state index is 0.0566. The van der Waals surface area contributed by atoms with Crippen LogP contribution in [0.3, 0.4) is 0 Å². The van der Waals surface area contributed by atoms with E-state index in [0.717, 1.165) is 6.08 Å². The number of hydrogen-bond acceptors (Lipinski definition) is 12. The van der Waals surface area contributed by atoms with Gasteiger partial charge in [-0.25, -0.2) is 4.79 Å². The molecule has 0 radical (unpaired) electrons. The van der Waals surface area contributed by atoms with Crippen molar-refractivity contribution in [2.45, 2.75) is 62.8 Å². The summed E-state index contributed by atoms with van der Waals surface area (Å²) in [6.07, 6.45) is -3.17. The first-order chi connectivity index (χ1) is 21.5. The van der Waals surface area contributed by atoms with E-state index < -0.39 is 36.7 Å². The van der Waals surface area contributed by atoms with Crippen LogP contribution in [-0.4, -0.2) is 84.8 Å². The lowest BCUT2D eigenvalue weighted by atomic mass is 9.99. The van der Waals surface area contributed by atoms with E-state index in [1.54, 1.807) is 24.3 Å². The monoisotopic (exact) mass is 624 g/mol. The number of ketones is 1. The Kier molecular flexibility index (Phi) is 11.4. The number of benzene rings is 3. The van der Waals surface area contributed by atoms with Crippen molar-refractivity contribution in [3.63, 3.8) is 0 Å². The maximum atomic E-state index is 13.0. The fraction of sp³-hybridized carbons (Fsp3) is 0.333. The molecule has 0 aliphatic carbocycles. The summed E-state index contributed by atoms with van der Waals surface area (Å²) in [6.45, 7) is -0.319. The van der Waals surface area contributed by atoms with E-state index in [9.17, 15) is 45.3 Å². The molecule has 0 bridgehead atoms. The number of rotatable bonds is 13. The Morgan fingerprint density at radius 3 is 2.09 bits per heavy atom. The highest BCUT2D eigenvalue weighted by atomic mass is 16.7. The van der Waals surface area contributed by atoms with Gasteiger partial charge in [0.15, 0.2) is 35.4 Å². The molecule has 3 aromatic carbocycles. The molecule has 4 rings (SSSR count). The average Bonchev–Trinajstić information content (AvgIpc) is 3.01. The second kappa shape index (κ2) is 15.4. The van der Waals surface area contributed by atoms with E-state index in [2.05, 4.69) is 0 Å². The zero-order valence-corrected chi connectivity index (χ0v) is 24.2. The second-order valence-corrected chi connectivity index (χ2v) is 10.8. The van der Waals surface area contributed by atoms with E-state index in [1.165, 1.54) is 42.5 Å². The van der Waals surface area contributed by atoms with Gasteiger partial charge in [-0.05, 0) is 78.4 Å². The van der Waals surface area contributed by atoms with Crippen LogP contribution >= 0.6 is 0 Å². The number of aromatic hydroxyl groups is 5. The van der Waals surface area contributed by atoms with Crippen LogP contribution in [0.4, 0.5) is 0 Å². The molecule has 5 atom stereocenters. The molecule has 0 amide bonds. The zero-order valence-electron chi connectivity index (χ0n) is 24.2. The van der Waals surface area contributed by atoms with E-state index in [4.69, 9.17) is 14.2 Å². The van der Waals surface area contributed by atoms with Gasteiger partial charge in [0.25, 0.3) is 0 Å². The first-order valence-corrected chi connectivity index (χ1v) is 14.3. The van der Waals surface area contributed by atoms with Gasteiger partial charge in [-0.15, -0.1) is 0 Å². The molecular weight excluding hydrogens is 588 g/mol. The van der Waals surface area contributed by atoms with Crippen molar-refractivity contribution in [1.82, 2.24) is 0 Å². The van der Waals surface area contributed by atoms with Gasteiger partial charge >= 0.3 is 5.97 Å². The lowest BCUT2D eigenvalue weighted by molar-refractivity contribution is -0.286. The molecule has 1 saturated heterocycles. The number of phenols is 5. The van der Waals surface area contributed by atoms with Crippen molar-refractivity contribution in [1.29, 1.82) is 0 Å². The Morgan fingerprint density at radius 1 is 0.844 bits per heavy atom. The summed E-state index contributed by atoms with van der Waals surface area (Å²) in [4.78, 5) is 25.7. The summed E-state index contributed by atoms with van der Waals surface area (Å²) >= 11 is 0. The van der Waals surface area contributed by atoms with Crippen molar-refractivity contribution < 1.29 is 59.5 Å². The Hall–Kier alpha value is -4.62.